The molecular formula is C10H17OP. The molecule has 0 aliphatic heterocycles. The Labute approximate surface area is 77.4 Å². The first-order valence-corrected chi connectivity index (χ1v) is 3.91. The number of phenols is 1. The molecule has 0 fully saturated rings. The Hall–Kier alpha value is -0.550. The molecule has 1 nitrogen and oxygen atoms in total. The summed E-state index contributed by atoms with van der Waals surface area (Å²) in [5.74, 6) is 0.815. The minimum atomic E-state index is 0. The third-order valence-electron chi connectivity index (χ3n) is 1.81. The highest BCUT2D eigenvalue weighted by Crippen LogP contribution is 2.25. The summed E-state index contributed by atoms with van der Waals surface area (Å²) in [5, 5.41) is 9.46. The zero-order valence-corrected chi connectivity index (χ0v) is 9.38. The monoisotopic (exact) mass is 184 g/mol. The van der Waals surface area contributed by atoms with Crippen molar-refractivity contribution in [3.05, 3.63) is 29.3 Å². The second-order valence-electron chi connectivity index (χ2n) is 3.22. The van der Waals surface area contributed by atoms with Gasteiger partial charge >= 0.3 is 0 Å². The van der Waals surface area contributed by atoms with E-state index in [0.29, 0.717) is 11.7 Å². The Morgan fingerprint density at radius 1 is 1.25 bits per heavy atom. The van der Waals surface area contributed by atoms with Crippen molar-refractivity contribution in [2.75, 3.05) is 0 Å². The predicted molar refractivity (Wildman–Crippen MR) is 58.0 cm³/mol. The highest BCUT2D eigenvalue weighted by atomic mass is 31.0. The molecule has 0 radical (unpaired) electrons. The van der Waals surface area contributed by atoms with Crippen LogP contribution in [0.25, 0.3) is 0 Å². The van der Waals surface area contributed by atoms with Crippen molar-refractivity contribution in [2.45, 2.75) is 26.7 Å². The van der Waals surface area contributed by atoms with Crippen LogP contribution in [0, 0.1) is 6.92 Å². The third-order valence-corrected chi connectivity index (χ3v) is 1.81. The van der Waals surface area contributed by atoms with E-state index in [4.69, 9.17) is 0 Å². The molecule has 0 aliphatic rings. The topological polar surface area (TPSA) is 20.2 Å². The second-order valence-corrected chi connectivity index (χ2v) is 3.22. The van der Waals surface area contributed by atoms with Gasteiger partial charge < -0.3 is 5.11 Å². The maximum absolute atomic E-state index is 9.46. The lowest BCUT2D eigenvalue weighted by Gasteiger charge is -2.07. The molecule has 0 spiro atoms. The summed E-state index contributed by atoms with van der Waals surface area (Å²) >= 11 is 0. The Kier molecular flexibility index (Phi) is 4.26. The summed E-state index contributed by atoms with van der Waals surface area (Å²) in [7, 11) is 0. The summed E-state index contributed by atoms with van der Waals surface area (Å²) in [6.07, 6.45) is 0. The van der Waals surface area contributed by atoms with E-state index in [9.17, 15) is 5.11 Å². The largest absolute Gasteiger partial charge is 0.508 e. The van der Waals surface area contributed by atoms with Gasteiger partial charge in [0.1, 0.15) is 5.75 Å². The number of phenolic OH excluding ortho intramolecular Hbond substituents is 1. The zero-order valence-electron chi connectivity index (χ0n) is 7.96. The van der Waals surface area contributed by atoms with Gasteiger partial charge in [-0.3, -0.25) is 0 Å². The Balaban J connectivity index is 0.00000121. The van der Waals surface area contributed by atoms with E-state index in [-0.39, 0.29) is 9.90 Å². The molecule has 1 atom stereocenters. The van der Waals surface area contributed by atoms with Gasteiger partial charge in [0.05, 0.1) is 0 Å². The van der Waals surface area contributed by atoms with Gasteiger partial charge in [0.25, 0.3) is 0 Å². The van der Waals surface area contributed by atoms with E-state index in [1.807, 2.05) is 19.1 Å². The molecule has 1 aromatic carbocycles. The molecular weight excluding hydrogens is 167 g/mol. The van der Waals surface area contributed by atoms with Gasteiger partial charge in [0.2, 0.25) is 0 Å². The van der Waals surface area contributed by atoms with E-state index >= 15 is 0 Å². The van der Waals surface area contributed by atoms with Gasteiger partial charge in [-0.05, 0) is 30.0 Å². The molecule has 0 aromatic heterocycles. The molecule has 1 unspecified atom stereocenters. The molecule has 1 N–H and O–H groups in total. The van der Waals surface area contributed by atoms with Gasteiger partial charge in [-0.15, -0.1) is 0 Å². The molecule has 0 saturated carbocycles. The van der Waals surface area contributed by atoms with Crippen LogP contribution in [-0.2, 0) is 0 Å². The van der Waals surface area contributed by atoms with Gasteiger partial charge in [-0.2, -0.15) is 9.90 Å². The van der Waals surface area contributed by atoms with Crippen molar-refractivity contribution < 1.29 is 5.11 Å². The lowest BCUT2D eigenvalue weighted by atomic mass is 10.0. The van der Waals surface area contributed by atoms with E-state index in [2.05, 4.69) is 13.8 Å². The average Bonchev–Trinajstić information content (AvgIpc) is 1.85. The standard InChI is InChI=1S/C10H14O.H3P/c1-7(2)9-5-4-8(3)6-10(9)11;/h4-7,11H,1-3H3;1H3. The van der Waals surface area contributed by atoms with Crippen molar-refractivity contribution in [1.29, 1.82) is 0 Å². The molecule has 2 heteroatoms. The lowest BCUT2D eigenvalue weighted by molar-refractivity contribution is 0.464. The van der Waals surface area contributed by atoms with Crippen molar-refractivity contribution >= 4 is 9.90 Å². The maximum Gasteiger partial charge on any atom is 0.119 e. The van der Waals surface area contributed by atoms with Crippen LogP contribution in [-0.4, -0.2) is 5.11 Å². The number of aryl methyl sites for hydroxylation is 1. The van der Waals surface area contributed by atoms with Crippen molar-refractivity contribution in [2.24, 2.45) is 0 Å². The number of aromatic hydroxyl groups is 1. The molecule has 0 aliphatic carbocycles. The van der Waals surface area contributed by atoms with E-state index in [1.165, 1.54) is 0 Å². The molecule has 12 heavy (non-hydrogen) atoms. The van der Waals surface area contributed by atoms with Gasteiger partial charge in [0.15, 0.2) is 0 Å². The highest BCUT2D eigenvalue weighted by molar-refractivity contribution is 6.92. The first-order valence-electron chi connectivity index (χ1n) is 3.91. The number of benzene rings is 1. The zero-order chi connectivity index (χ0) is 8.43. The highest BCUT2D eigenvalue weighted by Gasteiger charge is 2.03. The van der Waals surface area contributed by atoms with E-state index in [0.717, 1.165) is 11.1 Å². The van der Waals surface area contributed by atoms with Crippen LogP contribution in [0.2, 0.25) is 0 Å². The van der Waals surface area contributed by atoms with E-state index < -0.39 is 0 Å². The van der Waals surface area contributed by atoms with Gasteiger partial charge in [0, 0.05) is 0 Å². The molecule has 68 valence electrons. The number of rotatable bonds is 1. The summed E-state index contributed by atoms with van der Waals surface area (Å²) in [4.78, 5) is 0. The summed E-state index contributed by atoms with van der Waals surface area (Å²) in [5.41, 5.74) is 2.13. The lowest BCUT2D eigenvalue weighted by Crippen LogP contribution is -1.87. The average molecular weight is 184 g/mol. The fourth-order valence-corrected chi connectivity index (χ4v) is 1.14. The van der Waals surface area contributed by atoms with Crippen molar-refractivity contribution in [3.8, 4) is 5.75 Å². The van der Waals surface area contributed by atoms with Gasteiger partial charge in [-0.25, -0.2) is 0 Å². The summed E-state index contributed by atoms with van der Waals surface area (Å²) in [6, 6.07) is 5.81. The maximum atomic E-state index is 9.46. The first kappa shape index (κ1) is 11.4. The Bertz CT molecular complexity index is 256. The molecule has 0 saturated heterocycles. The smallest absolute Gasteiger partial charge is 0.119 e. The second kappa shape index (κ2) is 4.47. The van der Waals surface area contributed by atoms with E-state index in [1.54, 1.807) is 6.07 Å². The molecule has 0 amide bonds. The predicted octanol–water partition coefficient (Wildman–Crippen LogP) is 2.88. The molecule has 1 rings (SSSR count). The number of hydrogen-bond donors (Lipinski definition) is 1. The Morgan fingerprint density at radius 2 is 1.83 bits per heavy atom. The Morgan fingerprint density at radius 3 is 2.25 bits per heavy atom. The van der Waals surface area contributed by atoms with Crippen LogP contribution in [0.1, 0.15) is 30.9 Å². The molecule has 0 heterocycles. The van der Waals surface area contributed by atoms with Crippen LogP contribution < -0.4 is 0 Å². The summed E-state index contributed by atoms with van der Waals surface area (Å²) in [6.45, 7) is 6.12. The third kappa shape index (κ3) is 2.49. The van der Waals surface area contributed by atoms with Crippen LogP contribution in [0.3, 0.4) is 0 Å². The fourth-order valence-electron chi connectivity index (χ4n) is 1.14. The van der Waals surface area contributed by atoms with Crippen LogP contribution in [0.15, 0.2) is 18.2 Å². The van der Waals surface area contributed by atoms with Crippen LogP contribution >= 0.6 is 9.90 Å². The van der Waals surface area contributed by atoms with Crippen molar-refractivity contribution in [1.82, 2.24) is 0 Å². The minimum absolute atomic E-state index is 0. The van der Waals surface area contributed by atoms with Crippen LogP contribution in [0.4, 0.5) is 0 Å². The number of hydrogen-bond acceptors (Lipinski definition) is 1. The SMILES string of the molecule is Cc1ccc(C(C)C)c(O)c1.P. The van der Waals surface area contributed by atoms with Crippen molar-refractivity contribution in [3.63, 3.8) is 0 Å². The first-order chi connectivity index (χ1) is 5.11. The molecule has 0 bridgehead atoms. The summed E-state index contributed by atoms with van der Waals surface area (Å²) < 4.78 is 0. The van der Waals surface area contributed by atoms with Gasteiger partial charge in [-0.1, -0.05) is 26.0 Å². The quantitative estimate of drug-likeness (QED) is 0.665. The molecule has 1 aromatic rings. The normalized spacial score (nSPS) is 9.67. The fraction of sp³-hybridized carbons (Fsp3) is 0.400. The minimum Gasteiger partial charge on any atom is -0.508 e. The van der Waals surface area contributed by atoms with Crippen LogP contribution in [0.5, 0.6) is 5.75 Å².